The van der Waals surface area contributed by atoms with Crippen LogP contribution in [-0.4, -0.2) is 13.2 Å². The Morgan fingerprint density at radius 3 is 2.27 bits per heavy atom. The minimum Gasteiger partial charge on any atom is -0.491 e. The first kappa shape index (κ1) is 12.1. The van der Waals surface area contributed by atoms with Gasteiger partial charge in [-0.05, 0) is 45.0 Å². The van der Waals surface area contributed by atoms with E-state index in [1.807, 2.05) is 19.2 Å². The first-order chi connectivity index (χ1) is 7.17. The Bertz CT molecular complexity index is 281. The van der Waals surface area contributed by atoms with E-state index in [0.29, 0.717) is 6.04 Å². The second kappa shape index (κ2) is 5.76. The van der Waals surface area contributed by atoms with Gasteiger partial charge in [0.15, 0.2) is 0 Å². The van der Waals surface area contributed by atoms with Crippen LogP contribution in [0.1, 0.15) is 38.8 Å². The van der Waals surface area contributed by atoms with Crippen molar-refractivity contribution in [1.29, 1.82) is 0 Å². The molecule has 1 rings (SSSR count). The lowest BCUT2D eigenvalue weighted by Crippen LogP contribution is -2.12. The van der Waals surface area contributed by atoms with Gasteiger partial charge >= 0.3 is 0 Å². The van der Waals surface area contributed by atoms with Crippen LogP contribution in [0.15, 0.2) is 24.3 Å². The van der Waals surface area contributed by atoms with Crippen molar-refractivity contribution in [2.75, 3.05) is 7.05 Å². The van der Waals surface area contributed by atoms with Gasteiger partial charge < -0.3 is 10.1 Å². The van der Waals surface area contributed by atoms with Gasteiger partial charge in [0.05, 0.1) is 6.10 Å². The Labute approximate surface area is 92.6 Å². The zero-order valence-electron chi connectivity index (χ0n) is 10.1. The molecule has 0 heterocycles. The fourth-order valence-electron chi connectivity index (χ4n) is 1.32. The van der Waals surface area contributed by atoms with E-state index in [-0.39, 0.29) is 6.10 Å². The van der Waals surface area contributed by atoms with Crippen molar-refractivity contribution in [2.45, 2.75) is 39.3 Å². The summed E-state index contributed by atoms with van der Waals surface area (Å²) in [6.45, 7) is 6.36. The van der Waals surface area contributed by atoms with Crippen LogP contribution in [0.5, 0.6) is 5.75 Å². The van der Waals surface area contributed by atoms with E-state index in [4.69, 9.17) is 4.74 Å². The zero-order chi connectivity index (χ0) is 11.3. The highest BCUT2D eigenvalue weighted by molar-refractivity contribution is 5.29. The maximum atomic E-state index is 5.71. The van der Waals surface area contributed by atoms with Crippen LogP contribution >= 0.6 is 0 Å². The maximum Gasteiger partial charge on any atom is 0.119 e. The van der Waals surface area contributed by atoms with Crippen molar-refractivity contribution >= 4 is 0 Å². The predicted octanol–water partition coefficient (Wildman–Crippen LogP) is 3.14. The smallest absolute Gasteiger partial charge is 0.119 e. The van der Waals surface area contributed by atoms with E-state index in [9.17, 15) is 0 Å². The lowest BCUT2D eigenvalue weighted by molar-refractivity contribution is 0.217. The summed E-state index contributed by atoms with van der Waals surface area (Å²) in [5.74, 6) is 0.955. The van der Waals surface area contributed by atoms with Crippen LogP contribution in [0, 0.1) is 0 Å². The topological polar surface area (TPSA) is 21.3 Å². The molecular formula is C13H21NO. The average molecular weight is 207 g/mol. The Morgan fingerprint density at radius 2 is 1.80 bits per heavy atom. The molecule has 0 amide bonds. The Morgan fingerprint density at radius 1 is 1.20 bits per heavy atom. The number of ether oxygens (including phenoxy) is 1. The third-order valence-electron chi connectivity index (χ3n) is 2.73. The first-order valence-corrected chi connectivity index (χ1v) is 5.61. The molecule has 84 valence electrons. The van der Waals surface area contributed by atoms with Crippen molar-refractivity contribution in [3.05, 3.63) is 29.8 Å². The highest BCUT2D eigenvalue weighted by atomic mass is 16.5. The SMILES string of the molecule is CC[C@@H](C)Oc1ccc([C@@H](C)NC)cc1. The van der Waals surface area contributed by atoms with Crippen LogP contribution in [-0.2, 0) is 0 Å². The van der Waals surface area contributed by atoms with Crippen molar-refractivity contribution in [3.8, 4) is 5.75 Å². The number of nitrogens with one attached hydrogen (secondary N) is 1. The molecule has 0 saturated heterocycles. The third-order valence-corrected chi connectivity index (χ3v) is 2.73. The summed E-state index contributed by atoms with van der Waals surface area (Å²) in [5, 5.41) is 3.21. The zero-order valence-corrected chi connectivity index (χ0v) is 10.1. The maximum absolute atomic E-state index is 5.71. The largest absolute Gasteiger partial charge is 0.491 e. The Kier molecular flexibility index (Phi) is 4.63. The number of rotatable bonds is 5. The standard InChI is InChI=1S/C13H21NO/c1-5-10(2)15-13-8-6-12(7-9-13)11(3)14-4/h6-11,14H,5H2,1-4H3/t10-,11-/m1/s1. The molecule has 0 aliphatic rings. The van der Waals surface area contributed by atoms with E-state index in [1.54, 1.807) is 0 Å². The molecule has 2 heteroatoms. The number of hydrogen-bond acceptors (Lipinski definition) is 2. The van der Waals surface area contributed by atoms with Crippen molar-refractivity contribution in [3.63, 3.8) is 0 Å². The monoisotopic (exact) mass is 207 g/mol. The van der Waals surface area contributed by atoms with E-state index in [1.165, 1.54) is 5.56 Å². The van der Waals surface area contributed by atoms with Gasteiger partial charge in [0.2, 0.25) is 0 Å². The minimum atomic E-state index is 0.289. The van der Waals surface area contributed by atoms with Gasteiger partial charge in [0.25, 0.3) is 0 Å². The highest BCUT2D eigenvalue weighted by Crippen LogP contribution is 2.18. The van der Waals surface area contributed by atoms with Crippen LogP contribution < -0.4 is 10.1 Å². The summed E-state index contributed by atoms with van der Waals surface area (Å²) < 4.78 is 5.71. The average Bonchev–Trinajstić information content (AvgIpc) is 2.29. The van der Waals surface area contributed by atoms with Crippen molar-refractivity contribution < 1.29 is 4.74 Å². The third kappa shape index (κ3) is 3.56. The summed E-state index contributed by atoms with van der Waals surface area (Å²) in [7, 11) is 1.97. The molecule has 0 aliphatic carbocycles. The van der Waals surface area contributed by atoms with Crippen LogP contribution in [0.4, 0.5) is 0 Å². The molecule has 0 aromatic heterocycles. The minimum absolute atomic E-state index is 0.289. The van der Waals surface area contributed by atoms with Crippen molar-refractivity contribution in [1.82, 2.24) is 5.32 Å². The van der Waals surface area contributed by atoms with E-state index < -0.39 is 0 Å². The second-order valence-electron chi connectivity index (χ2n) is 3.92. The van der Waals surface area contributed by atoms with Gasteiger partial charge in [-0.2, -0.15) is 0 Å². The summed E-state index contributed by atoms with van der Waals surface area (Å²) in [5.41, 5.74) is 1.29. The molecule has 0 unspecified atom stereocenters. The first-order valence-electron chi connectivity index (χ1n) is 5.61. The van der Waals surface area contributed by atoms with E-state index in [2.05, 4.69) is 38.2 Å². The van der Waals surface area contributed by atoms with Gasteiger partial charge in [-0.25, -0.2) is 0 Å². The lowest BCUT2D eigenvalue weighted by atomic mass is 10.1. The molecular weight excluding hydrogens is 186 g/mol. The molecule has 15 heavy (non-hydrogen) atoms. The Hall–Kier alpha value is -1.02. The molecule has 1 N–H and O–H groups in total. The molecule has 0 radical (unpaired) electrons. The summed E-state index contributed by atoms with van der Waals surface area (Å²) >= 11 is 0. The van der Waals surface area contributed by atoms with E-state index in [0.717, 1.165) is 12.2 Å². The van der Waals surface area contributed by atoms with Crippen LogP contribution in [0.2, 0.25) is 0 Å². The Balaban J connectivity index is 2.64. The molecule has 2 nitrogen and oxygen atoms in total. The van der Waals surface area contributed by atoms with Crippen molar-refractivity contribution in [2.24, 2.45) is 0 Å². The second-order valence-corrected chi connectivity index (χ2v) is 3.92. The fraction of sp³-hybridized carbons (Fsp3) is 0.538. The lowest BCUT2D eigenvalue weighted by Gasteiger charge is -2.14. The van der Waals surface area contributed by atoms with Gasteiger partial charge in [0.1, 0.15) is 5.75 Å². The van der Waals surface area contributed by atoms with Gasteiger partial charge in [-0.1, -0.05) is 19.1 Å². The molecule has 0 bridgehead atoms. The van der Waals surface area contributed by atoms with Crippen LogP contribution in [0.3, 0.4) is 0 Å². The van der Waals surface area contributed by atoms with Gasteiger partial charge in [-0.3, -0.25) is 0 Å². The molecule has 1 aromatic carbocycles. The predicted molar refractivity (Wildman–Crippen MR) is 64.3 cm³/mol. The number of hydrogen-bond donors (Lipinski definition) is 1. The van der Waals surface area contributed by atoms with E-state index >= 15 is 0 Å². The summed E-state index contributed by atoms with van der Waals surface area (Å²) in [6.07, 6.45) is 1.33. The quantitative estimate of drug-likeness (QED) is 0.801. The molecule has 0 fully saturated rings. The van der Waals surface area contributed by atoms with Crippen LogP contribution in [0.25, 0.3) is 0 Å². The molecule has 0 saturated carbocycles. The molecule has 2 atom stereocenters. The van der Waals surface area contributed by atoms with Gasteiger partial charge in [-0.15, -0.1) is 0 Å². The normalized spacial score (nSPS) is 14.7. The van der Waals surface area contributed by atoms with Gasteiger partial charge in [0, 0.05) is 6.04 Å². The number of benzene rings is 1. The molecule has 0 aliphatic heterocycles. The molecule has 1 aromatic rings. The highest BCUT2D eigenvalue weighted by Gasteiger charge is 2.04. The molecule has 0 spiro atoms. The fourth-order valence-corrected chi connectivity index (χ4v) is 1.32. The summed E-state index contributed by atoms with van der Waals surface area (Å²) in [6, 6.07) is 8.69. The summed E-state index contributed by atoms with van der Waals surface area (Å²) in [4.78, 5) is 0.